The lowest BCUT2D eigenvalue weighted by Crippen LogP contribution is -2.14. The lowest BCUT2D eigenvalue weighted by Gasteiger charge is -2.12. The van der Waals surface area contributed by atoms with Gasteiger partial charge in [-0.3, -0.25) is 0 Å². The molecule has 1 unspecified atom stereocenters. The van der Waals surface area contributed by atoms with Gasteiger partial charge >= 0.3 is 0 Å². The summed E-state index contributed by atoms with van der Waals surface area (Å²) in [5.41, 5.74) is 6.54. The van der Waals surface area contributed by atoms with Crippen LogP contribution in [0, 0.1) is 18.6 Å². The summed E-state index contributed by atoms with van der Waals surface area (Å²) in [4.78, 5) is 0. The zero-order valence-electron chi connectivity index (χ0n) is 9.01. The Morgan fingerprint density at radius 1 is 1.18 bits per heavy atom. The van der Waals surface area contributed by atoms with E-state index in [1.54, 1.807) is 0 Å². The van der Waals surface area contributed by atoms with Crippen LogP contribution in [0.2, 0.25) is 5.22 Å². The van der Waals surface area contributed by atoms with Crippen molar-refractivity contribution in [3.63, 3.8) is 0 Å². The lowest BCUT2D eigenvalue weighted by atomic mass is 10.00. The predicted octanol–water partition coefficient (Wildman–Crippen LogP) is 3.57. The van der Waals surface area contributed by atoms with E-state index >= 15 is 0 Å². The molecular formula is C12H10ClF2NO. The molecule has 0 bridgehead atoms. The van der Waals surface area contributed by atoms with E-state index in [0.29, 0.717) is 5.56 Å². The second-order valence-electron chi connectivity index (χ2n) is 3.73. The highest BCUT2D eigenvalue weighted by molar-refractivity contribution is 6.29. The van der Waals surface area contributed by atoms with Crippen LogP contribution in [0.15, 0.2) is 28.9 Å². The summed E-state index contributed by atoms with van der Waals surface area (Å²) < 4.78 is 32.0. The van der Waals surface area contributed by atoms with Crippen LogP contribution in [0.4, 0.5) is 8.78 Å². The van der Waals surface area contributed by atoms with Crippen molar-refractivity contribution in [2.45, 2.75) is 13.0 Å². The number of nitrogens with two attached hydrogens (primary N) is 1. The number of halogens is 3. The molecule has 0 radical (unpaired) electrons. The lowest BCUT2D eigenvalue weighted by molar-refractivity contribution is 0.488. The molecule has 1 atom stereocenters. The molecule has 0 spiro atoms. The molecule has 0 amide bonds. The Morgan fingerprint density at radius 3 is 2.47 bits per heavy atom. The van der Waals surface area contributed by atoms with Crippen LogP contribution in [0.3, 0.4) is 0 Å². The molecule has 0 aliphatic rings. The van der Waals surface area contributed by atoms with Crippen molar-refractivity contribution < 1.29 is 13.2 Å². The maximum Gasteiger partial charge on any atom is 0.198 e. The van der Waals surface area contributed by atoms with Crippen molar-refractivity contribution in [2.75, 3.05) is 0 Å². The second-order valence-corrected chi connectivity index (χ2v) is 4.07. The summed E-state index contributed by atoms with van der Waals surface area (Å²) in [5, 5.41) is 0.0814. The molecule has 0 saturated heterocycles. The van der Waals surface area contributed by atoms with E-state index in [1.165, 1.54) is 31.4 Å². The first-order valence-electron chi connectivity index (χ1n) is 4.95. The van der Waals surface area contributed by atoms with Gasteiger partial charge in [0, 0.05) is 11.1 Å². The largest absolute Gasteiger partial charge is 0.453 e. The normalized spacial score (nSPS) is 12.8. The Kier molecular flexibility index (Phi) is 3.17. The monoisotopic (exact) mass is 257 g/mol. The van der Waals surface area contributed by atoms with Gasteiger partial charge in [-0.05, 0) is 30.2 Å². The molecule has 0 saturated carbocycles. The van der Waals surface area contributed by atoms with Crippen LogP contribution < -0.4 is 5.73 Å². The molecule has 1 aromatic carbocycles. The molecule has 0 fully saturated rings. The second kappa shape index (κ2) is 4.47. The number of rotatable bonds is 2. The van der Waals surface area contributed by atoms with Crippen molar-refractivity contribution in [1.29, 1.82) is 0 Å². The SMILES string of the molecule is Cc1ccc(C(N)c2ccoc2Cl)c(F)c1F. The third-order valence-electron chi connectivity index (χ3n) is 2.62. The molecule has 2 N–H and O–H groups in total. The summed E-state index contributed by atoms with van der Waals surface area (Å²) in [7, 11) is 0. The number of aryl methyl sites for hydroxylation is 1. The number of hydrogen-bond acceptors (Lipinski definition) is 2. The van der Waals surface area contributed by atoms with Crippen LogP contribution in [-0.2, 0) is 0 Å². The third-order valence-corrected chi connectivity index (χ3v) is 2.93. The highest BCUT2D eigenvalue weighted by atomic mass is 35.5. The van der Waals surface area contributed by atoms with Crippen LogP contribution in [0.1, 0.15) is 22.7 Å². The van der Waals surface area contributed by atoms with Gasteiger partial charge < -0.3 is 10.2 Å². The van der Waals surface area contributed by atoms with Crippen molar-refractivity contribution in [3.05, 3.63) is 58.0 Å². The molecule has 17 heavy (non-hydrogen) atoms. The molecule has 1 heterocycles. The predicted molar refractivity (Wildman–Crippen MR) is 60.8 cm³/mol. The topological polar surface area (TPSA) is 39.2 Å². The zero-order valence-corrected chi connectivity index (χ0v) is 9.76. The number of furan rings is 1. The van der Waals surface area contributed by atoms with Crippen LogP contribution >= 0.6 is 11.6 Å². The molecule has 5 heteroatoms. The van der Waals surface area contributed by atoms with E-state index in [9.17, 15) is 8.78 Å². The minimum atomic E-state index is -0.949. The molecule has 0 aliphatic carbocycles. The van der Waals surface area contributed by atoms with E-state index < -0.39 is 17.7 Å². The molecule has 2 rings (SSSR count). The van der Waals surface area contributed by atoms with Gasteiger partial charge in [0.25, 0.3) is 0 Å². The standard InChI is InChI=1S/C12H10ClF2NO/c1-6-2-3-7(10(15)9(6)14)11(16)8-4-5-17-12(8)13/h2-5,11H,16H2,1H3. The summed E-state index contributed by atoms with van der Waals surface area (Å²) in [6, 6.07) is 3.60. The first-order chi connectivity index (χ1) is 8.02. The Balaban J connectivity index is 2.48. The van der Waals surface area contributed by atoms with Gasteiger partial charge in [0.1, 0.15) is 0 Å². The minimum Gasteiger partial charge on any atom is -0.453 e. The number of benzene rings is 1. The van der Waals surface area contributed by atoms with Crippen molar-refractivity contribution >= 4 is 11.6 Å². The Hall–Kier alpha value is -1.39. The summed E-state index contributed by atoms with van der Waals surface area (Å²) in [6.45, 7) is 1.48. The Bertz CT molecular complexity index is 553. The first-order valence-corrected chi connectivity index (χ1v) is 5.33. The molecular weight excluding hydrogens is 248 g/mol. The van der Waals surface area contributed by atoms with Crippen LogP contribution in [-0.4, -0.2) is 0 Å². The average molecular weight is 258 g/mol. The maximum absolute atomic E-state index is 13.7. The average Bonchev–Trinajstić information content (AvgIpc) is 2.72. The summed E-state index contributed by atoms with van der Waals surface area (Å²) in [6.07, 6.45) is 1.35. The molecule has 0 aliphatic heterocycles. The van der Waals surface area contributed by atoms with Gasteiger partial charge in [0.2, 0.25) is 0 Å². The molecule has 90 valence electrons. The van der Waals surface area contributed by atoms with E-state index in [-0.39, 0.29) is 16.3 Å². The van der Waals surface area contributed by atoms with E-state index in [4.69, 9.17) is 21.8 Å². The fourth-order valence-electron chi connectivity index (χ4n) is 1.60. The molecule has 1 aromatic heterocycles. The Morgan fingerprint density at radius 2 is 1.88 bits per heavy atom. The Labute approximate surface area is 102 Å². The maximum atomic E-state index is 13.7. The molecule has 2 aromatic rings. The first kappa shape index (κ1) is 12.1. The van der Waals surface area contributed by atoms with Crippen molar-refractivity contribution in [1.82, 2.24) is 0 Å². The summed E-state index contributed by atoms with van der Waals surface area (Å²) >= 11 is 5.75. The van der Waals surface area contributed by atoms with Gasteiger partial charge in [-0.25, -0.2) is 8.78 Å². The van der Waals surface area contributed by atoms with E-state index in [2.05, 4.69) is 0 Å². The quantitative estimate of drug-likeness (QED) is 0.893. The van der Waals surface area contributed by atoms with E-state index in [0.717, 1.165) is 0 Å². The van der Waals surface area contributed by atoms with Gasteiger partial charge in [0.05, 0.1) is 12.3 Å². The highest BCUT2D eigenvalue weighted by Crippen LogP contribution is 2.30. The fourth-order valence-corrected chi connectivity index (χ4v) is 1.83. The van der Waals surface area contributed by atoms with Gasteiger partial charge in [0.15, 0.2) is 16.9 Å². The van der Waals surface area contributed by atoms with Gasteiger partial charge in [-0.1, -0.05) is 12.1 Å². The smallest absolute Gasteiger partial charge is 0.198 e. The van der Waals surface area contributed by atoms with E-state index in [1.807, 2.05) is 0 Å². The highest BCUT2D eigenvalue weighted by Gasteiger charge is 2.21. The van der Waals surface area contributed by atoms with Crippen LogP contribution in [0.25, 0.3) is 0 Å². The third kappa shape index (κ3) is 2.06. The minimum absolute atomic E-state index is 0.0522. The van der Waals surface area contributed by atoms with Gasteiger partial charge in [-0.15, -0.1) is 0 Å². The van der Waals surface area contributed by atoms with Gasteiger partial charge in [-0.2, -0.15) is 0 Å². The fraction of sp³-hybridized carbons (Fsp3) is 0.167. The summed E-state index contributed by atoms with van der Waals surface area (Å²) in [5.74, 6) is -1.84. The van der Waals surface area contributed by atoms with Crippen molar-refractivity contribution in [2.24, 2.45) is 5.73 Å². The number of hydrogen-bond donors (Lipinski definition) is 1. The van der Waals surface area contributed by atoms with Crippen molar-refractivity contribution in [3.8, 4) is 0 Å². The van der Waals surface area contributed by atoms with Crippen LogP contribution in [0.5, 0.6) is 0 Å². The molecule has 2 nitrogen and oxygen atoms in total. The zero-order chi connectivity index (χ0) is 12.6.